The number of allylic oxidation sites excluding steroid dienone is 2. The van der Waals surface area contributed by atoms with Crippen LogP contribution in [0.5, 0.6) is 0 Å². The summed E-state index contributed by atoms with van der Waals surface area (Å²) in [6, 6.07) is -0.760. The molecule has 0 heterocycles. The van der Waals surface area contributed by atoms with Crippen molar-refractivity contribution in [1.29, 1.82) is 0 Å². The van der Waals surface area contributed by atoms with Crippen molar-refractivity contribution in [3.63, 3.8) is 0 Å². The number of phosphoric ester groups is 1. The smallest absolute Gasteiger partial charge is 0.391 e. The number of aliphatic hydroxyl groups excluding tert-OH is 1. The van der Waals surface area contributed by atoms with E-state index in [0.717, 1.165) is 51.4 Å². The molecule has 1 unspecified atom stereocenters. The summed E-state index contributed by atoms with van der Waals surface area (Å²) < 4.78 is 23.6. The number of unbranched alkanes of at least 4 members (excludes halogenated alkanes) is 26. The number of amides is 1. The first kappa shape index (κ1) is 52.2. The number of carbonyl (C=O) groups is 1. The van der Waals surface area contributed by atoms with Crippen LogP contribution in [0.25, 0.3) is 0 Å². The minimum atomic E-state index is -4.31. The fourth-order valence-corrected chi connectivity index (χ4v) is 7.36. The minimum Gasteiger partial charge on any atom is -0.391 e. The summed E-state index contributed by atoms with van der Waals surface area (Å²) in [6.45, 7) is 4.88. The van der Waals surface area contributed by atoms with Gasteiger partial charge in [-0.15, -0.1) is 0 Å². The second-order valence-corrected chi connectivity index (χ2v) is 18.2. The van der Waals surface area contributed by atoms with Crippen LogP contribution in [0.15, 0.2) is 12.2 Å². The Bertz CT molecular complexity index is 880. The van der Waals surface area contributed by atoms with Gasteiger partial charge in [0.05, 0.1) is 39.9 Å². The average Bonchev–Trinajstić information content (AvgIpc) is 3.10. The molecule has 0 radical (unpaired) electrons. The van der Waals surface area contributed by atoms with Crippen LogP contribution in [-0.4, -0.2) is 73.4 Å². The Morgan fingerprint density at radius 1 is 0.623 bits per heavy atom. The molecular weight excluding hydrogens is 683 g/mol. The highest BCUT2D eigenvalue weighted by molar-refractivity contribution is 7.47. The molecule has 0 rings (SSSR count). The number of hydrogen-bond donors (Lipinski definition) is 3. The van der Waals surface area contributed by atoms with Gasteiger partial charge in [0.25, 0.3) is 0 Å². The summed E-state index contributed by atoms with van der Waals surface area (Å²) >= 11 is 0. The molecule has 9 heteroatoms. The van der Waals surface area contributed by atoms with Crippen LogP contribution in [-0.2, 0) is 18.4 Å². The Morgan fingerprint density at radius 2 is 1.02 bits per heavy atom. The van der Waals surface area contributed by atoms with Crippen molar-refractivity contribution in [3.8, 4) is 0 Å². The third kappa shape index (κ3) is 39.3. The fraction of sp³-hybridized carbons (Fsp3) is 0.932. The van der Waals surface area contributed by atoms with Gasteiger partial charge in [0.15, 0.2) is 0 Å². The van der Waals surface area contributed by atoms with Gasteiger partial charge in [0.1, 0.15) is 13.2 Å². The Kier molecular flexibility index (Phi) is 36.3. The van der Waals surface area contributed by atoms with Crippen molar-refractivity contribution < 1.29 is 32.9 Å². The summed E-state index contributed by atoms with van der Waals surface area (Å²) in [7, 11) is 1.62. The third-order valence-electron chi connectivity index (χ3n) is 10.3. The summed E-state index contributed by atoms with van der Waals surface area (Å²) in [5, 5.41) is 14.0. The van der Waals surface area contributed by atoms with Crippen molar-refractivity contribution in [2.75, 3.05) is 40.9 Å². The number of phosphoric acid groups is 1. The first-order valence-corrected chi connectivity index (χ1v) is 24.0. The molecule has 0 aromatic rings. The van der Waals surface area contributed by atoms with Crippen LogP contribution >= 0.6 is 7.82 Å². The van der Waals surface area contributed by atoms with E-state index in [2.05, 4.69) is 31.3 Å². The Hall–Kier alpha value is -0.760. The topological polar surface area (TPSA) is 105 Å². The lowest BCUT2D eigenvalue weighted by molar-refractivity contribution is -0.870. The Labute approximate surface area is 329 Å². The van der Waals surface area contributed by atoms with E-state index in [0.29, 0.717) is 23.9 Å². The zero-order valence-electron chi connectivity index (χ0n) is 35.8. The van der Waals surface area contributed by atoms with Crippen LogP contribution in [0.1, 0.15) is 213 Å². The van der Waals surface area contributed by atoms with Crippen molar-refractivity contribution >= 4 is 13.7 Å². The number of rotatable bonds is 41. The quantitative estimate of drug-likeness (QED) is 0.0247. The van der Waals surface area contributed by atoms with Gasteiger partial charge in [-0.05, 0) is 38.5 Å². The van der Waals surface area contributed by atoms with E-state index < -0.39 is 20.0 Å². The molecule has 0 saturated carbocycles. The largest absolute Gasteiger partial charge is 0.472 e. The van der Waals surface area contributed by atoms with Crippen LogP contribution in [0.3, 0.4) is 0 Å². The summed E-state index contributed by atoms with van der Waals surface area (Å²) in [4.78, 5) is 23.1. The lowest BCUT2D eigenvalue weighted by Crippen LogP contribution is -2.46. The standard InChI is InChI=1S/C44H89N2O6P/c1-6-8-10-12-14-16-18-20-22-23-24-25-27-29-31-33-35-37-43(47)42(41-52-53(49,50)51-40-39-46(3,4)5)45-44(48)38-36-34-32-30-28-26-21-19-17-15-13-11-9-7-2/h19,21,42-43,47H,6-18,20,22-41H2,1-5H3,(H-,45,48,49,50)/p+1/b21-19+/t42-,43+/m0/s1. The second-order valence-electron chi connectivity index (χ2n) is 16.8. The highest BCUT2D eigenvalue weighted by Crippen LogP contribution is 2.43. The maximum Gasteiger partial charge on any atom is 0.472 e. The van der Waals surface area contributed by atoms with Crippen LogP contribution in [0.2, 0.25) is 0 Å². The molecule has 0 spiro atoms. The van der Waals surface area contributed by atoms with Gasteiger partial charge in [-0.3, -0.25) is 13.8 Å². The molecular formula is C44H90N2O6P+. The van der Waals surface area contributed by atoms with Gasteiger partial charge in [-0.2, -0.15) is 0 Å². The van der Waals surface area contributed by atoms with E-state index in [1.165, 1.54) is 135 Å². The normalized spacial score (nSPS) is 14.5. The lowest BCUT2D eigenvalue weighted by atomic mass is 10.0. The molecule has 0 saturated heterocycles. The molecule has 0 aliphatic carbocycles. The van der Waals surface area contributed by atoms with E-state index in [9.17, 15) is 19.4 Å². The zero-order valence-corrected chi connectivity index (χ0v) is 36.7. The van der Waals surface area contributed by atoms with E-state index in [4.69, 9.17) is 9.05 Å². The lowest BCUT2D eigenvalue weighted by Gasteiger charge is -2.26. The number of aliphatic hydroxyl groups is 1. The molecule has 316 valence electrons. The number of nitrogens with zero attached hydrogens (tertiary/aromatic N) is 1. The van der Waals surface area contributed by atoms with Gasteiger partial charge in [-0.25, -0.2) is 4.57 Å². The first-order chi connectivity index (χ1) is 25.5. The predicted octanol–water partition coefficient (Wildman–Crippen LogP) is 12.4. The number of nitrogens with one attached hydrogen (secondary N) is 1. The van der Waals surface area contributed by atoms with Crippen molar-refractivity contribution in [2.45, 2.75) is 225 Å². The summed E-state index contributed by atoms with van der Waals surface area (Å²) in [6.07, 6.45) is 40.9. The van der Waals surface area contributed by atoms with Gasteiger partial charge >= 0.3 is 7.82 Å². The maximum absolute atomic E-state index is 12.9. The molecule has 0 aromatic heterocycles. The molecule has 0 aliphatic rings. The van der Waals surface area contributed by atoms with Crippen LogP contribution in [0.4, 0.5) is 0 Å². The van der Waals surface area contributed by atoms with Gasteiger partial charge in [0, 0.05) is 6.42 Å². The second kappa shape index (κ2) is 36.9. The molecule has 0 aromatic carbocycles. The molecule has 0 bridgehead atoms. The van der Waals surface area contributed by atoms with E-state index in [1.807, 2.05) is 21.1 Å². The molecule has 53 heavy (non-hydrogen) atoms. The number of hydrogen-bond acceptors (Lipinski definition) is 5. The maximum atomic E-state index is 12.9. The average molecular weight is 774 g/mol. The van der Waals surface area contributed by atoms with Gasteiger partial charge in [0.2, 0.25) is 5.91 Å². The number of carbonyl (C=O) groups excluding carboxylic acids is 1. The summed E-state index contributed by atoms with van der Waals surface area (Å²) in [5.74, 6) is -0.152. The first-order valence-electron chi connectivity index (χ1n) is 22.6. The Morgan fingerprint density at radius 3 is 1.45 bits per heavy atom. The molecule has 3 atom stereocenters. The molecule has 0 aliphatic heterocycles. The summed E-state index contributed by atoms with van der Waals surface area (Å²) in [5.41, 5.74) is 0. The minimum absolute atomic E-state index is 0.0749. The fourth-order valence-electron chi connectivity index (χ4n) is 6.63. The molecule has 3 N–H and O–H groups in total. The van der Waals surface area contributed by atoms with E-state index >= 15 is 0 Å². The number of likely N-dealkylation sites (N-methyl/N-ethyl adjacent to an activating group) is 1. The van der Waals surface area contributed by atoms with Crippen molar-refractivity contribution in [3.05, 3.63) is 12.2 Å². The van der Waals surface area contributed by atoms with Crippen molar-refractivity contribution in [2.24, 2.45) is 0 Å². The van der Waals surface area contributed by atoms with Crippen molar-refractivity contribution in [1.82, 2.24) is 5.32 Å². The number of quaternary nitrogens is 1. The Balaban J connectivity index is 4.35. The molecule has 0 fully saturated rings. The van der Waals surface area contributed by atoms with Crippen LogP contribution in [0, 0.1) is 0 Å². The van der Waals surface area contributed by atoms with E-state index in [1.54, 1.807) is 0 Å². The SMILES string of the molecule is CCCCCCC/C=C/CCCCCCCC(=O)N[C@@H](COP(=O)(O)OCC[N+](C)(C)C)[C@H](O)CCCCCCCCCCCCCCCCCCC. The third-order valence-corrected chi connectivity index (χ3v) is 11.2. The van der Waals surface area contributed by atoms with Crippen LogP contribution < -0.4 is 5.32 Å². The van der Waals surface area contributed by atoms with Gasteiger partial charge in [-0.1, -0.05) is 180 Å². The highest BCUT2D eigenvalue weighted by atomic mass is 31.2. The van der Waals surface area contributed by atoms with Gasteiger partial charge < -0.3 is 19.8 Å². The molecule has 8 nitrogen and oxygen atoms in total. The monoisotopic (exact) mass is 774 g/mol. The molecule has 1 amide bonds. The highest BCUT2D eigenvalue weighted by Gasteiger charge is 2.28. The predicted molar refractivity (Wildman–Crippen MR) is 226 cm³/mol. The zero-order chi connectivity index (χ0) is 39.3. The van der Waals surface area contributed by atoms with E-state index in [-0.39, 0.29) is 19.1 Å².